The summed E-state index contributed by atoms with van der Waals surface area (Å²) in [7, 11) is 0. The summed E-state index contributed by atoms with van der Waals surface area (Å²) in [5, 5.41) is 15.5. The van der Waals surface area contributed by atoms with E-state index in [1.54, 1.807) is 6.07 Å². The first-order valence-corrected chi connectivity index (χ1v) is 10.1. The summed E-state index contributed by atoms with van der Waals surface area (Å²) in [5.41, 5.74) is 4.56. The molecule has 1 fully saturated rings. The van der Waals surface area contributed by atoms with Crippen molar-refractivity contribution >= 4 is 40.9 Å². The third-order valence-electron chi connectivity index (χ3n) is 5.41. The van der Waals surface area contributed by atoms with Gasteiger partial charge in [-0.15, -0.1) is 4.80 Å². The lowest BCUT2D eigenvalue weighted by atomic mass is 10.1. The molecule has 0 atom stereocenters. The normalized spacial score (nSPS) is 15.5. The lowest BCUT2D eigenvalue weighted by Gasteiger charge is -2.09. The van der Waals surface area contributed by atoms with Crippen molar-refractivity contribution in [3.8, 4) is 5.82 Å². The van der Waals surface area contributed by atoms with E-state index in [-0.39, 0.29) is 0 Å². The van der Waals surface area contributed by atoms with Gasteiger partial charge in [-0.05, 0) is 37.3 Å². The van der Waals surface area contributed by atoms with Crippen molar-refractivity contribution in [1.29, 1.82) is 0 Å². The van der Waals surface area contributed by atoms with Crippen LogP contribution in [0.1, 0.15) is 30.5 Å². The maximum absolute atomic E-state index is 10.2. The van der Waals surface area contributed by atoms with E-state index in [1.807, 2.05) is 16.8 Å². The first-order valence-electron chi connectivity index (χ1n) is 9.36. The summed E-state index contributed by atoms with van der Waals surface area (Å²) in [6.45, 7) is 0. The maximum Gasteiger partial charge on any atom is 0.211 e. The lowest BCUT2D eigenvalue weighted by Crippen LogP contribution is -2.09. The second-order valence-electron chi connectivity index (χ2n) is 7.26. The third kappa shape index (κ3) is 3.29. The van der Waals surface area contributed by atoms with E-state index in [9.17, 15) is 4.79 Å². The largest absolute Gasteiger partial charge is 0.327 e. The van der Waals surface area contributed by atoms with Crippen LogP contribution in [0.5, 0.6) is 0 Å². The van der Waals surface area contributed by atoms with Gasteiger partial charge in [-0.1, -0.05) is 23.2 Å². The predicted molar refractivity (Wildman–Crippen MR) is 111 cm³/mol. The molecule has 6 rings (SSSR count). The van der Waals surface area contributed by atoms with Crippen LogP contribution in [0.2, 0.25) is 10.2 Å². The van der Waals surface area contributed by atoms with Crippen molar-refractivity contribution < 1.29 is 4.79 Å². The van der Waals surface area contributed by atoms with Gasteiger partial charge in [0.2, 0.25) is 6.41 Å². The molecule has 4 heterocycles. The number of carbonyl (C=O) groups excluding carboxylic acids is 1. The van der Waals surface area contributed by atoms with Gasteiger partial charge >= 0.3 is 0 Å². The van der Waals surface area contributed by atoms with E-state index in [2.05, 4.69) is 30.6 Å². The molecule has 152 valence electrons. The molecule has 1 N–H and O–H groups in total. The van der Waals surface area contributed by atoms with Gasteiger partial charge in [0.15, 0.2) is 16.6 Å². The molecule has 1 saturated carbocycles. The Kier molecular flexibility index (Phi) is 4.63. The van der Waals surface area contributed by atoms with Gasteiger partial charge in [-0.2, -0.15) is 15.3 Å². The third-order valence-corrected chi connectivity index (χ3v) is 5.88. The van der Waals surface area contributed by atoms with Crippen LogP contribution in [0.25, 0.3) is 11.5 Å². The van der Waals surface area contributed by atoms with Crippen LogP contribution in [0.4, 0.5) is 5.69 Å². The maximum atomic E-state index is 10.2. The van der Waals surface area contributed by atoms with Gasteiger partial charge < -0.3 is 5.32 Å². The molecule has 9 nitrogen and oxygen atoms in total. The minimum Gasteiger partial charge on any atom is -0.327 e. The average Bonchev–Trinajstić information content (AvgIpc) is 3.07. The highest BCUT2D eigenvalue weighted by Crippen LogP contribution is 2.56. The number of anilines is 1. The average molecular weight is 443 g/mol. The Balaban J connectivity index is 0.000000128. The zero-order valence-corrected chi connectivity index (χ0v) is 17.2. The van der Waals surface area contributed by atoms with Crippen molar-refractivity contribution in [2.24, 2.45) is 0 Å². The number of carbonyl (C=O) groups is 1. The molecule has 11 heteroatoms. The van der Waals surface area contributed by atoms with Crippen LogP contribution < -0.4 is 5.32 Å². The Morgan fingerprint density at radius 1 is 1.07 bits per heavy atom. The second-order valence-corrected chi connectivity index (χ2v) is 8.05. The van der Waals surface area contributed by atoms with E-state index in [1.165, 1.54) is 53.9 Å². The lowest BCUT2D eigenvalue weighted by molar-refractivity contribution is -0.105. The van der Waals surface area contributed by atoms with Gasteiger partial charge in [-0.25, -0.2) is 14.5 Å². The Hall–Kier alpha value is -3.04. The number of pyridine rings is 1. The fourth-order valence-electron chi connectivity index (χ4n) is 3.87. The van der Waals surface area contributed by atoms with Gasteiger partial charge in [0.1, 0.15) is 0 Å². The first kappa shape index (κ1) is 19.0. The van der Waals surface area contributed by atoms with E-state index >= 15 is 0 Å². The van der Waals surface area contributed by atoms with Crippen molar-refractivity contribution in [1.82, 2.24) is 34.6 Å². The number of rotatable bonds is 3. The molecular formula is C19H16Cl2N8O. The number of aromatic nitrogens is 7. The molecule has 0 saturated heterocycles. The van der Waals surface area contributed by atoms with E-state index in [0.717, 1.165) is 12.1 Å². The Morgan fingerprint density at radius 3 is 2.57 bits per heavy atom. The number of nitrogens with one attached hydrogen (secondary N) is 1. The molecule has 0 unspecified atom stereocenters. The highest BCUT2D eigenvalue weighted by Gasteiger charge is 2.50. The molecule has 1 amide bonds. The van der Waals surface area contributed by atoms with E-state index in [0.29, 0.717) is 33.5 Å². The monoisotopic (exact) mass is 442 g/mol. The number of amides is 1. The molecule has 4 aromatic heterocycles. The number of fused-ring (bicyclic) bond motifs is 4. The van der Waals surface area contributed by atoms with E-state index < -0.39 is 0 Å². The summed E-state index contributed by atoms with van der Waals surface area (Å²) in [5.74, 6) is 0.415. The molecule has 2 aliphatic carbocycles. The molecule has 0 aliphatic heterocycles. The highest BCUT2D eigenvalue weighted by atomic mass is 35.5. The minimum absolute atomic E-state index is 0.359. The molecule has 4 aromatic rings. The number of hydrogen-bond acceptors (Lipinski definition) is 6. The number of nitrogens with zero attached hydrogens (tertiary/aromatic N) is 7. The predicted octanol–water partition coefficient (Wildman–Crippen LogP) is 3.24. The molecule has 0 bridgehead atoms. The Bertz CT molecular complexity index is 1230. The topological polar surface area (TPSA) is 103 Å². The summed E-state index contributed by atoms with van der Waals surface area (Å²) < 4.78 is 1.96. The molecule has 2 aliphatic rings. The van der Waals surface area contributed by atoms with Crippen molar-refractivity contribution in [3.63, 3.8) is 0 Å². The minimum atomic E-state index is 0.359. The van der Waals surface area contributed by atoms with E-state index in [4.69, 9.17) is 23.2 Å². The second kappa shape index (κ2) is 7.33. The molecule has 0 radical (unpaired) electrons. The summed E-state index contributed by atoms with van der Waals surface area (Å²) in [4.78, 5) is 19.9. The number of halogens is 2. The Morgan fingerprint density at radius 2 is 1.87 bits per heavy atom. The molecular weight excluding hydrogens is 427 g/mol. The van der Waals surface area contributed by atoms with Crippen LogP contribution in [0.3, 0.4) is 0 Å². The zero-order chi connectivity index (χ0) is 20.7. The van der Waals surface area contributed by atoms with Gasteiger partial charge in [0.05, 0.1) is 35.0 Å². The Labute approximate surface area is 181 Å². The van der Waals surface area contributed by atoms with Crippen LogP contribution in [-0.4, -0.2) is 41.0 Å². The van der Waals surface area contributed by atoms with Gasteiger partial charge in [0, 0.05) is 17.7 Å². The SMILES string of the molecule is Clc1cc2ncc3c(n2n1)C1(CC3)CC1.O=CNc1cnc(-n2nccn2)c(Cl)c1. The fraction of sp³-hybridized carbons (Fsp3) is 0.263. The van der Waals surface area contributed by atoms with Crippen molar-refractivity contribution in [2.45, 2.75) is 31.1 Å². The zero-order valence-electron chi connectivity index (χ0n) is 15.7. The van der Waals surface area contributed by atoms with Crippen molar-refractivity contribution in [3.05, 3.63) is 58.4 Å². The number of hydrogen-bond donors (Lipinski definition) is 1. The summed E-state index contributed by atoms with van der Waals surface area (Å²) in [6.07, 6.45) is 12.1. The fourth-order valence-corrected chi connectivity index (χ4v) is 4.28. The van der Waals surface area contributed by atoms with Crippen LogP contribution in [0.15, 0.2) is 36.9 Å². The molecule has 1 spiro atoms. The standard InChI is InChI=1S/C11H10ClN3.C8H6ClN5O/c12-8-5-9-13-6-7-1-2-11(3-4-11)10(7)15(9)14-8;9-7-3-6(11-5-15)4-10-8(7)14-12-1-2-13-14/h5-6H,1-4H2;1-5H,(H,11,15). The molecule has 30 heavy (non-hydrogen) atoms. The summed E-state index contributed by atoms with van der Waals surface area (Å²) in [6, 6.07) is 3.40. The first-order chi connectivity index (χ1) is 14.6. The van der Waals surface area contributed by atoms with Crippen LogP contribution in [-0.2, 0) is 16.6 Å². The summed E-state index contributed by atoms with van der Waals surface area (Å²) >= 11 is 11.9. The number of aryl methyl sites for hydroxylation is 1. The van der Waals surface area contributed by atoms with Crippen LogP contribution >= 0.6 is 23.2 Å². The quantitative estimate of drug-likeness (QED) is 0.488. The van der Waals surface area contributed by atoms with Gasteiger partial charge in [0.25, 0.3) is 0 Å². The highest BCUT2D eigenvalue weighted by molar-refractivity contribution is 6.32. The van der Waals surface area contributed by atoms with Gasteiger partial charge in [-0.3, -0.25) is 4.79 Å². The van der Waals surface area contributed by atoms with Crippen LogP contribution in [0, 0.1) is 0 Å². The smallest absolute Gasteiger partial charge is 0.211 e. The van der Waals surface area contributed by atoms with Crippen molar-refractivity contribution in [2.75, 3.05) is 5.32 Å². The molecule has 0 aromatic carbocycles.